The van der Waals surface area contributed by atoms with Gasteiger partial charge < -0.3 is 9.15 Å². The maximum Gasteiger partial charge on any atom is 0.276 e. The Morgan fingerprint density at radius 1 is 1.00 bits per heavy atom. The van der Waals surface area contributed by atoms with E-state index in [1.807, 2.05) is 0 Å². The average Bonchev–Trinajstić information content (AvgIpc) is 2.92. The maximum atomic E-state index is 13.9. The van der Waals surface area contributed by atoms with Gasteiger partial charge in [-0.05, 0) is 23.8 Å². The van der Waals surface area contributed by atoms with Crippen molar-refractivity contribution in [1.29, 1.82) is 0 Å². The number of hydrogen-bond acceptors (Lipinski definition) is 2. The lowest BCUT2D eigenvalue weighted by molar-refractivity contribution is 0.0389. The zero-order chi connectivity index (χ0) is 15.7. The van der Waals surface area contributed by atoms with E-state index in [0.717, 1.165) is 0 Å². The predicted octanol–water partition coefficient (Wildman–Crippen LogP) is 5.38. The van der Waals surface area contributed by atoms with E-state index in [2.05, 4.69) is 0 Å². The molecule has 0 aliphatic carbocycles. The number of furan rings is 1. The molecule has 22 heavy (non-hydrogen) atoms. The summed E-state index contributed by atoms with van der Waals surface area (Å²) in [5.41, 5.74) is 1.30. The minimum atomic E-state index is -3.15. The van der Waals surface area contributed by atoms with Crippen LogP contribution in [-0.2, 0) is 0 Å². The smallest absolute Gasteiger partial charge is 0.276 e. The van der Waals surface area contributed by atoms with Crippen molar-refractivity contribution in [3.8, 4) is 16.9 Å². The van der Waals surface area contributed by atoms with Crippen LogP contribution in [0.25, 0.3) is 22.1 Å². The van der Waals surface area contributed by atoms with Gasteiger partial charge in [0, 0.05) is 10.9 Å². The van der Waals surface area contributed by atoms with Crippen molar-refractivity contribution in [2.24, 2.45) is 0 Å². The summed E-state index contributed by atoms with van der Waals surface area (Å²) in [6, 6.07) is 13.6. The monoisotopic (exact) mass is 306 g/mol. The molecule has 2 nitrogen and oxygen atoms in total. The molecule has 0 aliphatic rings. The quantitative estimate of drug-likeness (QED) is 0.645. The summed E-state index contributed by atoms with van der Waals surface area (Å²) < 4.78 is 50.1. The van der Waals surface area contributed by atoms with Crippen LogP contribution >= 0.6 is 0 Å². The van der Waals surface area contributed by atoms with Gasteiger partial charge in [-0.15, -0.1) is 0 Å². The summed E-state index contributed by atoms with van der Waals surface area (Å²) >= 11 is 0. The van der Waals surface area contributed by atoms with Crippen molar-refractivity contribution in [2.75, 3.05) is 7.11 Å². The Kier molecular flexibility index (Phi) is 3.79. The molecular weight excluding hydrogens is 293 g/mol. The highest BCUT2D eigenvalue weighted by molar-refractivity contribution is 5.96. The van der Waals surface area contributed by atoms with E-state index in [1.54, 1.807) is 48.5 Å². The molecular formula is C17H13F3O2. The first-order valence-corrected chi connectivity index (χ1v) is 6.70. The highest BCUT2D eigenvalue weighted by atomic mass is 19.3. The minimum absolute atomic E-state index is 0.335. The van der Waals surface area contributed by atoms with Crippen LogP contribution in [0.3, 0.4) is 0 Å². The molecule has 1 aromatic heterocycles. The first-order valence-electron chi connectivity index (χ1n) is 6.70. The summed E-state index contributed by atoms with van der Waals surface area (Å²) in [7, 11) is 1.50. The van der Waals surface area contributed by atoms with E-state index in [0.29, 0.717) is 27.8 Å². The second kappa shape index (κ2) is 5.75. The van der Waals surface area contributed by atoms with Gasteiger partial charge in [0.1, 0.15) is 11.3 Å². The topological polar surface area (TPSA) is 22.4 Å². The SMILES string of the molecule is COc1ccc2oc(C(F)C(F)F)c(-c3ccccc3)c2c1. The number of ether oxygens (including phenoxy) is 1. The fourth-order valence-corrected chi connectivity index (χ4v) is 2.43. The van der Waals surface area contributed by atoms with E-state index in [-0.39, 0.29) is 5.76 Å². The van der Waals surface area contributed by atoms with Crippen molar-refractivity contribution in [1.82, 2.24) is 0 Å². The molecule has 0 aliphatic heterocycles. The first-order chi connectivity index (χ1) is 10.6. The predicted molar refractivity (Wildman–Crippen MR) is 78.1 cm³/mol. The van der Waals surface area contributed by atoms with E-state index >= 15 is 0 Å². The van der Waals surface area contributed by atoms with Gasteiger partial charge in [0.2, 0.25) is 6.17 Å². The number of benzene rings is 2. The van der Waals surface area contributed by atoms with Crippen LogP contribution in [0.5, 0.6) is 5.75 Å². The van der Waals surface area contributed by atoms with Crippen LogP contribution < -0.4 is 4.74 Å². The van der Waals surface area contributed by atoms with Gasteiger partial charge in [0.15, 0.2) is 5.76 Å². The summed E-state index contributed by atoms with van der Waals surface area (Å²) in [5, 5.41) is 0.545. The number of methoxy groups -OCH3 is 1. The number of rotatable bonds is 4. The van der Waals surface area contributed by atoms with Gasteiger partial charge in [0.05, 0.1) is 7.11 Å². The van der Waals surface area contributed by atoms with Crippen LogP contribution in [0.2, 0.25) is 0 Å². The third-order valence-corrected chi connectivity index (χ3v) is 3.46. The molecule has 2 aromatic carbocycles. The third kappa shape index (κ3) is 2.43. The lowest BCUT2D eigenvalue weighted by Crippen LogP contribution is -2.03. The van der Waals surface area contributed by atoms with E-state index in [9.17, 15) is 13.2 Å². The maximum absolute atomic E-state index is 13.9. The van der Waals surface area contributed by atoms with Crippen molar-refractivity contribution in [3.63, 3.8) is 0 Å². The molecule has 1 atom stereocenters. The number of halogens is 3. The second-order valence-electron chi connectivity index (χ2n) is 4.81. The largest absolute Gasteiger partial charge is 0.497 e. The van der Waals surface area contributed by atoms with E-state index < -0.39 is 12.6 Å². The van der Waals surface area contributed by atoms with E-state index in [1.165, 1.54) is 7.11 Å². The number of alkyl halides is 3. The molecule has 0 bridgehead atoms. The van der Waals surface area contributed by atoms with Crippen LogP contribution in [0.4, 0.5) is 13.2 Å². The fourth-order valence-electron chi connectivity index (χ4n) is 2.43. The highest BCUT2D eigenvalue weighted by Crippen LogP contribution is 2.42. The van der Waals surface area contributed by atoms with Crippen molar-refractivity contribution in [2.45, 2.75) is 12.6 Å². The Bertz CT molecular complexity index is 781. The molecule has 3 rings (SSSR count). The van der Waals surface area contributed by atoms with Crippen molar-refractivity contribution in [3.05, 3.63) is 54.3 Å². The number of fused-ring (bicyclic) bond motifs is 1. The molecule has 1 unspecified atom stereocenters. The minimum Gasteiger partial charge on any atom is -0.497 e. The molecule has 114 valence electrons. The van der Waals surface area contributed by atoms with Gasteiger partial charge in [-0.2, -0.15) is 0 Å². The van der Waals surface area contributed by atoms with Crippen LogP contribution in [0.15, 0.2) is 52.9 Å². The Balaban J connectivity index is 2.30. The Morgan fingerprint density at radius 2 is 1.73 bits per heavy atom. The molecule has 0 radical (unpaired) electrons. The summed E-state index contributed by atoms with van der Waals surface area (Å²) in [5.74, 6) is 0.189. The highest BCUT2D eigenvalue weighted by Gasteiger charge is 2.30. The Morgan fingerprint density at radius 3 is 2.36 bits per heavy atom. The lowest BCUT2D eigenvalue weighted by atomic mass is 10.00. The molecule has 3 aromatic rings. The Hall–Kier alpha value is -2.43. The Labute approximate surface area is 125 Å². The molecule has 5 heteroatoms. The summed E-state index contributed by atoms with van der Waals surface area (Å²) in [4.78, 5) is 0. The molecule has 0 saturated carbocycles. The molecule has 0 fully saturated rings. The average molecular weight is 306 g/mol. The van der Waals surface area contributed by atoms with Gasteiger partial charge in [-0.1, -0.05) is 30.3 Å². The van der Waals surface area contributed by atoms with Crippen LogP contribution in [-0.4, -0.2) is 13.5 Å². The third-order valence-electron chi connectivity index (χ3n) is 3.46. The summed E-state index contributed by atoms with van der Waals surface area (Å²) in [6.45, 7) is 0. The zero-order valence-corrected chi connectivity index (χ0v) is 11.7. The molecule has 0 N–H and O–H groups in total. The van der Waals surface area contributed by atoms with E-state index in [4.69, 9.17) is 9.15 Å². The van der Waals surface area contributed by atoms with Gasteiger partial charge in [-0.25, -0.2) is 13.2 Å². The molecule has 0 spiro atoms. The van der Waals surface area contributed by atoms with Crippen molar-refractivity contribution >= 4 is 11.0 Å². The molecule has 1 heterocycles. The number of hydrogen-bond donors (Lipinski definition) is 0. The van der Waals surface area contributed by atoms with Crippen LogP contribution in [0, 0.1) is 0 Å². The van der Waals surface area contributed by atoms with Crippen LogP contribution in [0.1, 0.15) is 11.9 Å². The summed E-state index contributed by atoms with van der Waals surface area (Å²) in [6.07, 6.45) is -5.63. The zero-order valence-electron chi connectivity index (χ0n) is 11.7. The van der Waals surface area contributed by atoms with Gasteiger partial charge in [-0.3, -0.25) is 0 Å². The molecule has 0 amide bonds. The van der Waals surface area contributed by atoms with Gasteiger partial charge >= 0.3 is 0 Å². The lowest BCUT2D eigenvalue weighted by Gasteiger charge is -2.07. The second-order valence-corrected chi connectivity index (χ2v) is 4.81. The molecule has 0 saturated heterocycles. The van der Waals surface area contributed by atoms with Crippen molar-refractivity contribution < 1.29 is 22.3 Å². The van der Waals surface area contributed by atoms with Gasteiger partial charge in [0.25, 0.3) is 6.43 Å². The standard InChI is InChI=1S/C17H13F3O2/c1-21-11-7-8-13-12(9-11)14(10-5-3-2-4-6-10)16(22-13)15(18)17(19)20/h2-9,15,17H,1H3. The first kappa shape index (κ1) is 14.5. The fraction of sp³-hybridized carbons (Fsp3) is 0.176. The normalized spacial score (nSPS) is 12.8.